The summed E-state index contributed by atoms with van der Waals surface area (Å²) in [7, 11) is 0. The summed E-state index contributed by atoms with van der Waals surface area (Å²) in [5.41, 5.74) is 7.16. The standard InChI is InChI=1S/C25H24N3O/c1-18-23(17-29)22-11-13-26-25(24(22)28(18)15-19-7-3-2-4-8-19)27-14-12-20-9-5-6-10-21(20)16-27/h2-11,29H,12,14-17H2,1H3. The number of aliphatic hydroxyl groups excluding tert-OH is 1. The summed E-state index contributed by atoms with van der Waals surface area (Å²) < 4.78 is 2.30. The number of hydrogen-bond acceptors (Lipinski definition) is 3. The number of rotatable bonds is 4. The van der Waals surface area contributed by atoms with Crippen molar-refractivity contribution in [1.29, 1.82) is 0 Å². The molecule has 4 nitrogen and oxygen atoms in total. The summed E-state index contributed by atoms with van der Waals surface area (Å²) in [6.07, 6.45) is 4.10. The molecule has 0 atom stereocenters. The molecule has 0 unspecified atom stereocenters. The molecular formula is C25H24N3O. The van der Waals surface area contributed by atoms with E-state index in [0.29, 0.717) is 0 Å². The molecule has 145 valence electrons. The second-order valence-corrected chi connectivity index (χ2v) is 7.71. The quantitative estimate of drug-likeness (QED) is 0.574. The van der Waals surface area contributed by atoms with Gasteiger partial charge in [-0.3, -0.25) is 0 Å². The molecule has 0 aliphatic carbocycles. The lowest BCUT2D eigenvalue weighted by molar-refractivity contribution is 0.282. The van der Waals surface area contributed by atoms with E-state index in [1.165, 1.54) is 16.7 Å². The summed E-state index contributed by atoms with van der Waals surface area (Å²) in [6.45, 7) is 4.64. The molecule has 1 radical (unpaired) electrons. The Morgan fingerprint density at radius 3 is 2.59 bits per heavy atom. The van der Waals surface area contributed by atoms with Crippen LogP contribution in [0.15, 0.2) is 60.7 Å². The van der Waals surface area contributed by atoms with Crippen molar-refractivity contribution in [3.8, 4) is 0 Å². The zero-order valence-electron chi connectivity index (χ0n) is 16.6. The van der Waals surface area contributed by atoms with Gasteiger partial charge >= 0.3 is 0 Å². The lowest BCUT2D eigenvalue weighted by atomic mass is 10.00. The van der Waals surface area contributed by atoms with Crippen molar-refractivity contribution in [2.75, 3.05) is 11.4 Å². The van der Waals surface area contributed by atoms with E-state index >= 15 is 0 Å². The van der Waals surface area contributed by atoms with Crippen LogP contribution in [0, 0.1) is 13.1 Å². The van der Waals surface area contributed by atoms with E-state index in [-0.39, 0.29) is 6.61 Å². The highest BCUT2D eigenvalue weighted by molar-refractivity contribution is 5.93. The lowest BCUT2D eigenvalue weighted by Crippen LogP contribution is -2.31. The van der Waals surface area contributed by atoms with Crippen molar-refractivity contribution in [3.63, 3.8) is 0 Å². The Morgan fingerprint density at radius 1 is 1.03 bits per heavy atom. The Bertz CT molecular complexity index is 1160. The van der Waals surface area contributed by atoms with Crippen LogP contribution >= 0.6 is 0 Å². The van der Waals surface area contributed by atoms with Crippen molar-refractivity contribution in [1.82, 2.24) is 9.55 Å². The second-order valence-electron chi connectivity index (χ2n) is 7.71. The van der Waals surface area contributed by atoms with Crippen molar-refractivity contribution >= 4 is 16.7 Å². The Kier molecular flexibility index (Phi) is 4.57. The van der Waals surface area contributed by atoms with Crippen LogP contribution < -0.4 is 4.90 Å². The van der Waals surface area contributed by atoms with Gasteiger partial charge in [-0.15, -0.1) is 0 Å². The molecule has 2 aromatic carbocycles. The van der Waals surface area contributed by atoms with Gasteiger partial charge in [0.15, 0.2) is 5.82 Å². The average Bonchev–Trinajstić information content (AvgIpc) is 3.05. The highest BCUT2D eigenvalue weighted by Gasteiger charge is 2.23. The largest absolute Gasteiger partial charge is 0.392 e. The predicted octanol–water partition coefficient (Wildman–Crippen LogP) is 4.25. The number of pyridine rings is 1. The summed E-state index contributed by atoms with van der Waals surface area (Å²) in [4.78, 5) is 7.04. The molecule has 1 N–H and O–H groups in total. The van der Waals surface area contributed by atoms with Crippen molar-refractivity contribution in [2.24, 2.45) is 0 Å². The zero-order chi connectivity index (χ0) is 19.8. The molecule has 0 spiro atoms. The highest BCUT2D eigenvalue weighted by Crippen LogP contribution is 2.34. The van der Waals surface area contributed by atoms with Crippen LogP contribution in [0.3, 0.4) is 0 Å². The topological polar surface area (TPSA) is 41.3 Å². The van der Waals surface area contributed by atoms with Gasteiger partial charge in [-0.25, -0.2) is 4.98 Å². The van der Waals surface area contributed by atoms with Gasteiger partial charge in [0.05, 0.1) is 18.3 Å². The first-order valence-electron chi connectivity index (χ1n) is 10.1. The first-order valence-corrected chi connectivity index (χ1v) is 10.1. The van der Waals surface area contributed by atoms with Gasteiger partial charge < -0.3 is 14.6 Å². The maximum Gasteiger partial charge on any atom is 0.154 e. The molecule has 4 aromatic rings. The van der Waals surface area contributed by atoms with Gasteiger partial charge in [0, 0.05) is 36.3 Å². The van der Waals surface area contributed by atoms with Crippen LogP contribution in [0.25, 0.3) is 10.9 Å². The van der Waals surface area contributed by atoms with E-state index in [4.69, 9.17) is 4.98 Å². The van der Waals surface area contributed by atoms with E-state index in [0.717, 1.165) is 54.0 Å². The smallest absolute Gasteiger partial charge is 0.154 e. The van der Waals surface area contributed by atoms with E-state index in [9.17, 15) is 5.11 Å². The second kappa shape index (κ2) is 7.37. The van der Waals surface area contributed by atoms with Gasteiger partial charge in [-0.1, -0.05) is 54.6 Å². The fourth-order valence-electron chi connectivity index (χ4n) is 4.48. The molecule has 0 amide bonds. The van der Waals surface area contributed by atoms with E-state index in [1.807, 2.05) is 12.1 Å². The number of hydrogen-bond donors (Lipinski definition) is 1. The molecule has 5 rings (SSSR count). The van der Waals surface area contributed by atoms with Gasteiger partial charge in [-0.05, 0) is 36.1 Å². The first kappa shape index (κ1) is 18.0. The Hall–Kier alpha value is -3.11. The van der Waals surface area contributed by atoms with Gasteiger partial charge in [0.2, 0.25) is 0 Å². The van der Waals surface area contributed by atoms with Crippen molar-refractivity contribution in [2.45, 2.75) is 33.0 Å². The summed E-state index contributed by atoms with van der Waals surface area (Å²) in [5.74, 6) is 0.954. The number of benzene rings is 2. The Labute approximate surface area is 171 Å². The number of nitrogens with zero attached hydrogens (tertiary/aromatic N) is 3. The van der Waals surface area contributed by atoms with Gasteiger partial charge in [0.1, 0.15) is 0 Å². The molecule has 1 aliphatic rings. The molecule has 29 heavy (non-hydrogen) atoms. The molecular weight excluding hydrogens is 358 g/mol. The Morgan fingerprint density at radius 2 is 1.79 bits per heavy atom. The maximum atomic E-state index is 10.1. The molecule has 0 fully saturated rings. The van der Waals surface area contributed by atoms with E-state index < -0.39 is 0 Å². The lowest BCUT2D eigenvalue weighted by Gasteiger charge is -2.30. The normalized spacial score (nSPS) is 13.7. The van der Waals surface area contributed by atoms with Crippen LogP contribution in [-0.4, -0.2) is 21.2 Å². The van der Waals surface area contributed by atoms with Crippen LogP contribution in [-0.2, 0) is 26.1 Å². The number of anilines is 1. The van der Waals surface area contributed by atoms with Crippen LogP contribution in [0.4, 0.5) is 5.82 Å². The zero-order valence-corrected chi connectivity index (χ0v) is 16.6. The Balaban J connectivity index is 1.65. The van der Waals surface area contributed by atoms with Gasteiger partial charge in [-0.2, -0.15) is 0 Å². The third-order valence-corrected chi connectivity index (χ3v) is 6.05. The monoisotopic (exact) mass is 382 g/mol. The minimum absolute atomic E-state index is 0.0181. The van der Waals surface area contributed by atoms with E-state index in [1.54, 1.807) is 0 Å². The molecule has 3 heterocycles. The minimum atomic E-state index is 0.0181. The third kappa shape index (κ3) is 3.10. The minimum Gasteiger partial charge on any atom is -0.392 e. The SMILES string of the molecule is Cc1c(CO)c2c[c]nc(N3CCc4ccccc4C3)c2n1Cc1ccccc1. The molecule has 1 aliphatic heterocycles. The van der Waals surface area contributed by atoms with Crippen molar-refractivity contribution < 1.29 is 5.11 Å². The van der Waals surface area contributed by atoms with Crippen LogP contribution in [0.5, 0.6) is 0 Å². The average molecular weight is 382 g/mol. The fraction of sp³-hybridized carbons (Fsp3) is 0.240. The molecule has 4 heteroatoms. The van der Waals surface area contributed by atoms with E-state index in [2.05, 4.69) is 71.1 Å². The summed E-state index contributed by atoms with van der Waals surface area (Å²) in [6, 6.07) is 21.0. The third-order valence-electron chi connectivity index (χ3n) is 6.05. The first-order chi connectivity index (χ1) is 14.3. The number of fused-ring (bicyclic) bond motifs is 2. The van der Waals surface area contributed by atoms with Crippen LogP contribution in [0.2, 0.25) is 0 Å². The summed E-state index contributed by atoms with van der Waals surface area (Å²) >= 11 is 0. The van der Waals surface area contributed by atoms with Crippen molar-refractivity contribution in [3.05, 3.63) is 94.8 Å². The molecule has 0 saturated carbocycles. The fourth-order valence-corrected chi connectivity index (χ4v) is 4.48. The van der Waals surface area contributed by atoms with Gasteiger partial charge in [0.25, 0.3) is 0 Å². The maximum absolute atomic E-state index is 10.1. The summed E-state index contributed by atoms with van der Waals surface area (Å²) in [5, 5.41) is 11.1. The molecule has 0 saturated heterocycles. The number of aromatic nitrogens is 2. The molecule has 2 aromatic heterocycles. The van der Waals surface area contributed by atoms with Crippen LogP contribution in [0.1, 0.15) is 27.9 Å². The number of aliphatic hydroxyl groups is 1. The molecule has 0 bridgehead atoms. The predicted molar refractivity (Wildman–Crippen MR) is 116 cm³/mol. The highest BCUT2D eigenvalue weighted by atomic mass is 16.3.